The van der Waals surface area contributed by atoms with Gasteiger partial charge in [0.05, 0.1) is 23.7 Å². The maximum atomic E-state index is 11.5. The number of hydrogen-bond acceptors (Lipinski definition) is 4. The molecule has 0 aliphatic carbocycles. The molecular formula is C12H17NO3S. The highest BCUT2D eigenvalue weighted by atomic mass is 32.2. The van der Waals surface area contributed by atoms with Gasteiger partial charge in [0.15, 0.2) is 9.84 Å². The van der Waals surface area contributed by atoms with E-state index in [0.29, 0.717) is 13.0 Å². The SMILES string of the molecule is O=S1(=O)CCC(CO)(NCc2ccccc2)C1. The third-order valence-electron chi connectivity index (χ3n) is 3.20. The summed E-state index contributed by atoms with van der Waals surface area (Å²) >= 11 is 0. The number of aliphatic hydroxyl groups excluding tert-OH is 1. The van der Waals surface area contributed by atoms with E-state index in [1.807, 2.05) is 30.3 Å². The van der Waals surface area contributed by atoms with Gasteiger partial charge in [0, 0.05) is 6.54 Å². The molecule has 1 aliphatic rings. The Hall–Kier alpha value is -0.910. The summed E-state index contributed by atoms with van der Waals surface area (Å²) in [5.41, 5.74) is 0.430. The molecule has 0 radical (unpaired) electrons. The normalized spacial score (nSPS) is 27.1. The van der Waals surface area contributed by atoms with E-state index in [0.717, 1.165) is 5.56 Å². The summed E-state index contributed by atoms with van der Waals surface area (Å²) in [6.45, 7) is 0.440. The van der Waals surface area contributed by atoms with Crippen molar-refractivity contribution in [3.63, 3.8) is 0 Å². The standard InChI is InChI=1S/C12H17NO3S/c14-9-12(6-7-17(15,16)10-12)13-8-11-4-2-1-3-5-11/h1-5,13-14H,6-10H2. The molecule has 1 aromatic rings. The number of aliphatic hydroxyl groups is 1. The minimum absolute atomic E-state index is 0.0311. The van der Waals surface area contributed by atoms with E-state index in [-0.39, 0.29) is 18.1 Å². The smallest absolute Gasteiger partial charge is 0.152 e. The molecule has 1 fully saturated rings. The third kappa shape index (κ3) is 3.06. The summed E-state index contributed by atoms with van der Waals surface area (Å²) in [7, 11) is -2.99. The fourth-order valence-corrected chi connectivity index (χ4v) is 4.15. The van der Waals surface area contributed by atoms with Gasteiger partial charge in [-0.25, -0.2) is 8.42 Å². The van der Waals surface area contributed by atoms with Crippen molar-refractivity contribution in [1.29, 1.82) is 0 Å². The molecule has 0 bridgehead atoms. The quantitative estimate of drug-likeness (QED) is 0.813. The van der Waals surface area contributed by atoms with Crippen LogP contribution in [0.5, 0.6) is 0 Å². The monoisotopic (exact) mass is 255 g/mol. The number of benzene rings is 1. The van der Waals surface area contributed by atoms with Gasteiger partial charge < -0.3 is 10.4 Å². The maximum Gasteiger partial charge on any atom is 0.152 e. The van der Waals surface area contributed by atoms with Crippen LogP contribution in [0.15, 0.2) is 30.3 Å². The lowest BCUT2D eigenvalue weighted by Gasteiger charge is -2.26. The topological polar surface area (TPSA) is 66.4 Å². The molecule has 1 atom stereocenters. The summed E-state index contributed by atoms with van der Waals surface area (Å²) in [5.74, 6) is 0.193. The predicted octanol–water partition coefficient (Wildman–Crippen LogP) is 0.326. The van der Waals surface area contributed by atoms with Crippen LogP contribution in [0.4, 0.5) is 0 Å². The van der Waals surface area contributed by atoms with Crippen LogP contribution < -0.4 is 5.32 Å². The van der Waals surface area contributed by atoms with Crippen molar-refractivity contribution >= 4 is 9.84 Å². The highest BCUT2D eigenvalue weighted by Crippen LogP contribution is 2.23. The van der Waals surface area contributed by atoms with Gasteiger partial charge in [0.25, 0.3) is 0 Å². The molecule has 94 valence electrons. The molecule has 1 aliphatic heterocycles. The Kier molecular flexibility index (Phi) is 3.51. The van der Waals surface area contributed by atoms with Crippen LogP contribution >= 0.6 is 0 Å². The van der Waals surface area contributed by atoms with Crippen LogP contribution in [0.3, 0.4) is 0 Å². The second kappa shape index (κ2) is 4.76. The average Bonchev–Trinajstić information content (AvgIpc) is 2.65. The molecule has 1 heterocycles. The Morgan fingerprint density at radius 3 is 2.53 bits per heavy atom. The van der Waals surface area contributed by atoms with E-state index < -0.39 is 15.4 Å². The Morgan fingerprint density at radius 1 is 1.29 bits per heavy atom. The third-order valence-corrected chi connectivity index (χ3v) is 5.02. The van der Waals surface area contributed by atoms with Gasteiger partial charge >= 0.3 is 0 Å². The van der Waals surface area contributed by atoms with E-state index in [2.05, 4.69) is 5.32 Å². The first-order valence-corrected chi connectivity index (χ1v) is 7.48. The Labute approximate surface area is 102 Å². The molecule has 17 heavy (non-hydrogen) atoms. The Balaban J connectivity index is 2.02. The second-order valence-electron chi connectivity index (χ2n) is 4.62. The second-order valence-corrected chi connectivity index (χ2v) is 6.80. The fraction of sp³-hybridized carbons (Fsp3) is 0.500. The van der Waals surface area contributed by atoms with Crippen molar-refractivity contribution in [2.75, 3.05) is 18.1 Å². The van der Waals surface area contributed by atoms with Gasteiger partial charge in [0.2, 0.25) is 0 Å². The number of hydrogen-bond donors (Lipinski definition) is 2. The zero-order valence-corrected chi connectivity index (χ0v) is 10.4. The zero-order valence-electron chi connectivity index (χ0n) is 9.59. The largest absolute Gasteiger partial charge is 0.394 e. The Bertz CT molecular complexity index is 472. The van der Waals surface area contributed by atoms with E-state index in [1.165, 1.54) is 0 Å². The van der Waals surface area contributed by atoms with E-state index in [4.69, 9.17) is 0 Å². The summed E-state index contributed by atoms with van der Waals surface area (Å²) in [6, 6.07) is 9.76. The summed E-state index contributed by atoms with van der Waals surface area (Å²) in [5, 5.41) is 12.6. The molecule has 0 aromatic heterocycles. The van der Waals surface area contributed by atoms with Gasteiger partial charge in [-0.15, -0.1) is 0 Å². The van der Waals surface area contributed by atoms with Gasteiger partial charge in [-0.2, -0.15) is 0 Å². The molecule has 5 heteroatoms. The van der Waals surface area contributed by atoms with Crippen LogP contribution in [0.1, 0.15) is 12.0 Å². The van der Waals surface area contributed by atoms with Crippen LogP contribution in [0.2, 0.25) is 0 Å². The van der Waals surface area contributed by atoms with Crippen LogP contribution in [-0.4, -0.2) is 37.2 Å². The summed E-state index contributed by atoms with van der Waals surface area (Å²) < 4.78 is 22.9. The molecule has 2 N–H and O–H groups in total. The Morgan fingerprint density at radius 2 is 2.00 bits per heavy atom. The van der Waals surface area contributed by atoms with Crippen molar-refractivity contribution in [1.82, 2.24) is 5.32 Å². The molecule has 0 saturated carbocycles. The number of nitrogens with one attached hydrogen (secondary N) is 1. The van der Waals surface area contributed by atoms with Crippen molar-refractivity contribution in [2.24, 2.45) is 0 Å². The first-order valence-electron chi connectivity index (χ1n) is 5.66. The average molecular weight is 255 g/mol. The fourth-order valence-electron chi connectivity index (χ4n) is 2.12. The highest BCUT2D eigenvalue weighted by molar-refractivity contribution is 7.91. The van der Waals surface area contributed by atoms with Gasteiger partial charge in [-0.1, -0.05) is 30.3 Å². The van der Waals surface area contributed by atoms with Crippen LogP contribution in [0, 0.1) is 0 Å². The zero-order chi connectivity index (χ0) is 12.4. The lowest BCUT2D eigenvalue weighted by Crippen LogP contribution is -2.49. The van der Waals surface area contributed by atoms with Gasteiger partial charge in [-0.3, -0.25) is 0 Å². The van der Waals surface area contributed by atoms with Crippen molar-refractivity contribution in [2.45, 2.75) is 18.5 Å². The van der Waals surface area contributed by atoms with Gasteiger partial charge in [0.1, 0.15) is 0 Å². The predicted molar refractivity (Wildman–Crippen MR) is 66.4 cm³/mol. The van der Waals surface area contributed by atoms with E-state index in [9.17, 15) is 13.5 Å². The number of rotatable bonds is 4. The molecular weight excluding hydrogens is 238 g/mol. The minimum atomic E-state index is -2.99. The van der Waals surface area contributed by atoms with Gasteiger partial charge in [-0.05, 0) is 12.0 Å². The summed E-state index contributed by atoms with van der Waals surface area (Å²) in [4.78, 5) is 0. The lowest BCUT2D eigenvalue weighted by molar-refractivity contribution is 0.177. The van der Waals surface area contributed by atoms with Crippen molar-refractivity contribution < 1.29 is 13.5 Å². The molecule has 2 rings (SSSR count). The van der Waals surface area contributed by atoms with E-state index in [1.54, 1.807) is 0 Å². The van der Waals surface area contributed by atoms with E-state index >= 15 is 0 Å². The highest BCUT2D eigenvalue weighted by Gasteiger charge is 2.41. The van der Waals surface area contributed by atoms with Crippen molar-refractivity contribution in [3.8, 4) is 0 Å². The molecule has 1 unspecified atom stereocenters. The molecule has 4 nitrogen and oxygen atoms in total. The number of sulfone groups is 1. The molecule has 0 amide bonds. The summed E-state index contributed by atoms with van der Waals surface area (Å²) in [6.07, 6.45) is 0.485. The lowest BCUT2D eigenvalue weighted by atomic mass is 10.00. The molecule has 1 saturated heterocycles. The first-order chi connectivity index (χ1) is 8.05. The molecule has 1 aromatic carbocycles. The van der Waals surface area contributed by atoms with Crippen molar-refractivity contribution in [3.05, 3.63) is 35.9 Å². The van der Waals surface area contributed by atoms with Crippen LogP contribution in [-0.2, 0) is 16.4 Å². The first kappa shape index (κ1) is 12.5. The minimum Gasteiger partial charge on any atom is -0.394 e. The van der Waals surface area contributed by atoms with Crippen LogP contribution in [0.25, 0.3) is 0 Å². The molecule has 0 spiro atoms. The maximum absolute atomic E-state index is 11.5.